The van der Waals surface area contributed by atoms with Gasteiger partial charge < -0.3 is 9.47 Å². The standard InChI is InChI=1S/C16H21N3O4S/c1-15(2,3)10-4-6-16(7-5-10)22-12(20)11(13(21)23-16)18-19-14-17-8-9-24-14/h8-10H,4-7H2,1-3H3,(H,17,19). The van der Waals surface area contributed by atoms with Crippen molar-refractivity contribution >= 4 is 34.1 Å². The van der Waals surface area contributed by atoms with Gasteiger partial charge in [-0.05, 0) is 24.2 Å². The maximum Gasteiger partial charge on any atom is 0.369 e. The van der Waals surface area contributed by atoms with Gasteiger partial charge in [0.15, 0.2) is 0 Å². The van der Waals surface area contributed by atoms with Crippen LogP contribution in [0.25, 0.3) is 0 Å². The topological polar surface area (TPSA) is 89.9 Å². The van der Waals surface area contributed by atoms with Gasteiger partial charge in [-0.1, -0.05) is 20.8 Å². The number of hydrazone groups is 1. The summed E-state index contributed by atoms with van der Waals surface area (Å²) in [6.07, 6.45) is 4.36. The number of hydrogen-bond donors (Lipinski definition) is 1. The average molecular weight is 351 g/mol. The molecule has 0 amide bonds. The molecule has 1 saturated carbocycles. The first-order chi connectivity index (χ1) is 11.3. The van der Waals surface area contributed by atoms with Crippen LogP contribution in [-0.2, 0) is 19.1 Å². The Morgan fingerprint density at radius 2 is 1.88 bits per heavy atom. The molecule has 0 bridgehead atoms. The first-order valence-electron chi connectivity index (χ1n) is 7.99. The van der Waals surface area contributed by atoms with Crippen LogP contribution < -0.4 is 5.43 Å². The van der Waals surface area contributed by atoms with Gasteiger partial charge in [-0.25, -0.2) is 14.6 Å². The smallest absolute Gasteiger partial charge is 0.369 e. The van der Waals surface area contributed by atoms with Crippen molar-refractivity contribution in [2.45, 2.75) is 52.2 Å². The van der Waals surface area contributed by atoms with Crippen LogP contribution in [0.5, 0.6) is 0 Å². The Kier molecular flexibility index (Phi) is 4.33. The summed E-state index contributed by atoms with van der Waals surface area (Å²) < 4.78 is 10.9. The monoisotopic (exact) mass is 351 g/mol. The quantitative estimate of drug-likeness (QED) is 0.651. The Morgan fingerprint density at radius 1 is 1.25 bits per heavy atom. The predicted octanol–water partition coefficient (Wildman–Crippen LogP) is 2.94. The highest BCUT2D eigenvalue weighted by atomic mass is 32.1. The number of anilines is 1. The third-order valence-corrected chi connectivity index (χ3v) is 5.29. The molecule has 2 fully saturated rings. The van der Waals surface area contributed by atoms with Crippen LogP contribution in [0.4, 0.5) is 5.13 Å². The zero-order valence-corrected chi connectivity index (χ0v) is 14.8. The van der Waals surface area contributed by atoms with Gasteiger partial charge in [-0.2, -0.15) is 5.10 Å². The molecule has 1 saturated heterocycles. The molecule has 1 N–H and O–H groups in total. The Bertz CT molecular complexity index is 633. The van der Waals surface area contributed by atoms with Gasteiger partial charge in [-0.15, -0.1) is 11.3 Å². The Balaban J connectivity index is 1.67. The lowest BCUT2D eigenvalue weighted by Gasteiger charge is -2.43. The van der Waals surface area contributed by atoms with Crippen LogP contribution in [0, 0.1) is 11.3 Å². The number of carbonyl (C=O) groups excluding carboxylic acids is 2. The number of rotatable bonds is 2. The van der Waals surface area contributed by atoms with Crippen molar-refractivity contribution in [3.63, 3.8) is 0 Å². The molecule has 1 aromatic heterocycles. The summed E-state index contributed by atoms with van der Waals surface area (Å²) in [6, 6.07) is 0. The number of nitrogens with one attached hydrogen (secondary N) is 1. The van der Waals surface area contributed by atoms with Gasteiger partial charge in [0.25, 0.3) is 11.5 Å². The zero-order chi connectivity index (χ0) is 17.4. The third-order valence-electron chi connectivity index (χ3n) is 4.61. The van der Waals surface area contributed by atoms with Crippen molar-refractivity contribution in [1.82, 2.24) is 4.98 Å². The highest BCUT2D eigenvalue weighted by Crippen LogP contribution is 2.44. The summed E-state index contributed by atoms with van der Waals surface area (Å²) >= 11 is 1.30. The Morgan fingerprint density at radius 3 is 2.38 bits per heavy atom. The minimum atomic E-state index is -1.13. The van der Waals surface area contributed by atoms with Crippen molar-refractivity contribution < 1.29 is 19.1 Å². The highest BCUT2D eigenvalue weighted by Gasteiger charge is 2.50. The molecule has 0 atom stereocenters. The first kappa shape index (κ1) is 16.9. The van der Waals surface area contributed by atoms with Gasteiger partial charge in [0.1, 0.15) is 0 Å². The molecule has 1 spiro atoms. The Hall–Kier alpha value is -1.96. The fraction of sp³-hybridized carbons (Fsp3) is 0.625. The molecular formula is C16H21N3O4S. The number of aromatic nitrogens is 1. The van der Waals surface area contributed by atoms with Gasteiger partial charge in [0, 0.05) is 24.4 Å². The van der Waals surface area contributed by atoms with E-state index in [0.717, 1.165) is 12.8 Å². The average Bonchev–Trinajstić information content (AvgIpc) is 2.99. The molecule has 130 valence electrons. The first-order valence-corrected chi connectivity index (χ1v) is 8.87. The molecule has 0 aromatic carbocycles. The minimum Gasteiger partial charge on any atom is -0.417 e. The summed E-state index contributed by atoms with van der Waals surface area (Å²) in [7, 11) is 0. The number of thiazole rings is 1. The lowest BCUT2D eigenvalue weighted by Crippen LogP contribution is -2.52. The van der Waals surface area contributed by atoms with Crippen molar-refractivity contribution in [2.75, 3.05) is 5.43 Å². The van der Waals surface area contributed by atoms with E-state index < -0.39 is 17.7 Å². The fourth-order valence-corrected chi connectivity index (χ4v) is 3.61. The van der Waals surface area contributed by atoms with Crippen LogP contribution in [0.3, 0.4) is 0 Å². The second kappa shape index (κ2) is 6.16. The molecular weight excluding hydrogens is 330 g/mol. The van der Waals surface area contributed by atoms with Gasteiger partial charge in [0.2, 0.25) is 5.13 Å². The highest BCUT2D eigenvalue weighted by molar-refractivity contribution is 7.13. The number of hydrogen-bond acceptors (Lipinski definition) is 8. The van der Waals surface area contributed by atoms with Crippen molar-refractivity contribution in [1.29, 1.82) is 0 Å². The molecule has 24 heavy (non-hydrogen) atoms. The van der Waals surface area contributed by atoms with E-state index >= 15 is 0 Å². The minimum absolute atomic E-state index is 0.189. The predicted molar refractivity (Wildman–Crippen MR) is 89.5 cm³/mol. The molecule has 2 heterocycles. The molecule has 0 radical (unpaired) electrons. The van der Waals surface area contributed by atoms with Crippen molar-refractivity contribution in [3.8, 4) is 0 Å². The van der Waals surface area contributed by atoms with Gasteiger partial charge in [0.05, 0.1) is 0 Å². The molecule has 7 nitrogen and oxygen atoms in total. The molecule has 1 aliphatic heterocycles. The molecule has 0 unspecified atom stereocenters. The number of esters is 2. The summed E-state index contributed by atoms with van der Waals surface area (Å²) in [4.78, 5) is 28.4. The van der Waals surface area contributed by atoms with E-state index in [1.165, 1.54) is 11.3 Å². The van der Waals surface area contributed by atoms with Crippen LogP contribution in [-0.4, -0.2) is 28.4 Å². The largest absolute Gasteiger partial charge is 0.417 e. The van der Waals surface area contributed by atoms with Crippen LogP contribution in [0.15, 0.2) is 16.7 Å². The lowest BCUT2D eigenvalue weighted by molar-refractivity contribution is -0.241. The molecule has 2 aliphatic rings. The number of carbonyl (C=O) groups is 2. The van der Waals surface area contributed by atoms with Crippen LogP contribution in [0.2, 0.25) is 0 Å². The van der Waals surface area contributed by atoms with Crippen molar-refractivity contribution in [3.05, 3.63) is 11.6 Å². The second-order valence-electron chi connectivity index (χ2n) is 7.24. The lowest BCUT2D eigenvalue weighted by atomic mass is 9.71. The van der Waals surface area contributed by atoms with E-state index in [0.29, 0.717) is 23.9 Å². The van der Waals surface area contributed by atoms with Crippen LogP contribution >= 0.6 is 11.3 Å². The van der Waals surface area contributed by atoms with E-state index in [2.05, 4.69) is 36.3 Å². The fourth-order valence-electron chi connectivity index (χ4n) is 3.14. The summed E-state index contributed by atoms with van der Waals surface area (Å²) in [6.45, 7) is 6.59. The maximum absolute atomic E-state index is 12.2. The van der Waals surface area contributed by atoms with E-state index in [1.54, 1.807) is 11.6 Å². The number of ether oxygens (including phenoxy) is 2. The third kappa shape index (κ3) is 3.43. The number of nitrogens with zero attached hydrogens (tertiary/aromatic N) is 2. The summed E-state index contributed by atoms with van der Waals surface area (Å²) in [5.74, 6) is -2.10. The molecule has 3 rings (SSSR count). The van der Waals surface area contributed by atoms with E-state index in [1.807, 2.05) is 0 Å². The summed E-state index contributed by atoms with van der Waals surface area (Å²) in [5.41, 5.74) is 2.38. The normalized spacial score (nSPS) is 27.6. The SMILES string of the molecule is CC(C)(C)C1CCC2(CC1)OC(=O)C(=NNc1nccs1)C(=O)O2. The van der Waals surface area contributed by atoms with Gasteiger partial charge in [-0.3, -0.25) is 5.43 Å². The zero-order valence-electron chi connectivity index (χ0n) is 14.0. The second-order valence-corrected chi connectivity index (χ2v) is 8.13. The molecule has 8 heteroatoms. The van der Waals surface area contributed by atoms with E-state index in [4.69, 9.17) is 9.47 Å². The Labute approximate surface area is 144 Å². The molecule has 1 aromatic rings. The van der Waals surface area contributed by atoms with E-state index in [9.17, 15) is 9.59 Å². The summed E-state index contributed by atoms with van der Waals surface area (Å²) in [5, 5.41) is 6.02. The van der Waals surface area contributed by atoms with Gasteiger partial charge >= 0.3 is 11.9 Å². The van der Waals surface area contributed by atoms with Crippen molar-refractivity contribution in [2.24, 2.45) is 16.4 Å². The van der Waals surface area contributed by atoms with Crippen LogP contribution in [0.1, 0.15) is 46.5 Å². The van der Waals surface area contributed by atoms with E-state index in [-0.39, 0.29) is 11.1 Å². The maximum atomic E-state index is 12.2. The molecule has 1 aliphatic carbocycles.